The fourth-order valence-electron chi connectivity index (χ4n) is 6.18. The monoisotopic (exact) mass is 735 g/mol. The van der Waals surface area contributed by atoms with E-state index in [9.17, 15) is 14.4 Å². The van der Waals surface area contributed by atoms with Gasteiger partial charge in [0, 0.05) is 56.6 Å². The van der Waals surface area contributed by atoms with Crippen LogP contribution in [-0.4, -0.2) is 93.5 Å². The Morgan fingerprint density at radius 1 is 0.852 bits per heavy atom. The normalized spacial score (nSPS) is 11.7. The van der Waals surface area contributed by atoms with E-state index in [4.69, 9.17) is 15.5 Å². The summed E-state index contributed by atoms with van der Waals surface area (Å²) in [7, 11) is 3.95. The average molecular weight is 736 g/mol. The van der Waals surface area contributed by atoms with Crippen LogP contribution in [0.25, 0.3) is 22.2 Å². The zero-order valence-corrected chi connectivity index (χ0v) is 31.3. The number of imidazole rings is 2. The zero-order valence-electron chi connectivity index (χ0n) is 31.3. The van der Waals surface area contributed by atoms with Crippen molar-refractivity contribution >= 4 is 51.6 Å². The highest BCUT2D eigenvalue weighted by Gasteiger charge is 2.24. The summed E-state index contributed by atoms with van der Waals surface area (Å²) in [5, 5.41) is 14.8. The standard InChI is InChI=1S/C37H45N13O4/c1-7-49-29(19-23(3)44-49)42-36(52)34-41-27-21-25(32(38)51)22-28(54-18-12-15-46(5)6)31(27)47(34)16-9-10-17-48-33-26(13-11-14-39-33)40-35(48)37(53)43-30-20-24(4)45-50(30)8-2/h9-11,13-14,19-22H,7-8,12,15-18H2,1-6H3,(H2,38,51)(H,42,52)(H,43,53)/b10-9+. The molecule has 17 nitrogen and oxygen atoms in total. The van der Waals surface area contributed by atoms with Gasteiger partial charge in [-0.2, -0.15) is 10.2 Å². The second-order valence-corrected chi connectivity index (χ2v) is 13.0. The van der Waals surface area contributed by atoms with Gasteiger partial charge in [-0.1, -0.05) is 12.2 Å². The Bertz CT molecular complexity index is 2360. The van der Waals surface area contributed by atoms with Crippen LogP contribution in [0, 0.1) is 13.8 Å². The first-order valence-corrected chi connectivity index (χ1v) is 17.8. The molecule has 0 radical (unpaired) electrons. The third-order valence-electron chi connectivity index (χ3n) is 8.64. The van der Waals surface area contributed by atoms with Crippen molar-refractivity contribution < 1.29 is 19.1 Å². The Morgan fingerprint density at radius 2 is 1.44 bits per heavy atom. The maximum absolute atomic E-state index is 14.0. The molecule has 0 atom stereocenters. The average Bonchev–Trinajstić information content (AvgIpc) is 3.90. The molecule has 54 heavy (non-hydrogen) atoms. The fourth-order valence-corrected chi connectivity index (χ4v) is 6.18. The number of aromatic nitrogens is 9. The quantitative estimate of drug-likeness (QED) is 0.0964. The van der Waals surface area contributed by atoms with E-state index in [-0.39, 0.29) is 30.3 Å². The van der Waals surface area contributed by atoms with Crippen molar-refractivity contribution in [2.75, 3.05) is 37.9 Å². The lowest BCUT2D eigenvalue weighted by Crippen LogP contribution is -2.21. The first-order valence-electron chi connectivity index (χ1n) is 17.8. The van der Waals surface area contributed by atoms with E-state index < -0.39 is 17.7 Å². The minimum Gasteiger partial charge on any atom is -0.491 e. The molecule has 0 fully saturated rings. The summed E-state index contributed by atoms with van der Waals surface area (Å²) in [6.45, 7) is 10.3. The highest BCUT2D eigenvalue weighted by atomic mass is 16.5. The molecule has 0 aliphatic rings. The van der Waals surface area contributed by atoms with Crippen LogP contribution in [0.2, 0.25) is 0 Å². The van der Waals surface area contributed by atoms with E-state index in [0.717, 1.165) is 24.4 Å². The number of fused-ring (bicyclic) bond motifs is 2. The van der Waals surface area contributed by atoms with Crippen LogP contribution in [0.3, 0.4) is 0 Å². The predicted molar refractivity (Wildman–Crippen MR) is 205 cm³/mol. The number of hydrogen-bond donors (Lipinski definition) is 3. The minimum atomic E-state index is -0.645. The topological polar surface area (TPSA) is 198 Å². The Kier molecular flexibility index (Phi) is 11.2. The molecule has 17 heteroatoms. The molecule has 0 unspecified atom stereocenters. The fraction of sp³-hybridized carbons (Fsp3) is 0.351. The zero-order chi connectivity index (χ0) is 38.5. The van der Waals surface area contributed by atoms with Gasteiger partial charge in [-0.25, -0.2) is 24.3 Å². The van der Waals surface area contributed by atoms with Gasteiger partial charge in [0.2, 0.25) is 17.6 Å². The molecule has 0 aliphatic heterocycles. The molecule has 5 aromatic heterocycles. The molecule has 0 saturated carbocycles. The molecule has 4 N–H and O–H groups in total. The first kappa shape index (κ1) is 37.4. The van der Waals surface area contributed by atoms with Gasteiger partial charge in [0.05, 0.1) is 23.5 Å². The van der Waals surface area contributed by atoms with E-state index in [0.29, 0.717) is 59.3 Å². The first-order chi connectivity index (χ1) is 26.0. The van der Waals surface area contributed by atoms with Crippen LogP contribution in [0.15, 0.2) is 54.7 Å². The number of primary amides is 1. The molecule has 0 saturated heterocycles. The maximum Gasteiger partial charge on any atom is 0.292 e. The van der Waals surface area contributed by atoms with E-state index in [1.165, 1.54) is 0 Å². The van der Waals surface area contributed by atoms with Gasteiger partial charge in [-0.05, 0) is 72.5 Å². The second kappa shape index (κ2) is 16.1. The number of carbonyl (C=O) groups excluding carboxylic acids is 3. The third kappa shape index (κ3) is 8.00. The van der Waals surface area contributed by atoms with Gasteiger partial charge in [-0.3, -0.25) is 14.4 Å². The molecule has 0 bridgehead atoms. The SMILES string of the molecule is CCn1nc(C)cc1NC(=O)c1nc2cccnc2n1C/C=C/Cn1c(C(=O)Nc2cc(C)nn2CC)nc2cc(C(N)=O)cc(OCCCN(C)C)c21. The van der Waals surface area contributed by atoms with Crippen LogP contribution in [0.1, 0.15) is 63.3 Å². The van der Waals surface area contributed by atoms with Gasteiger partial charge >= 0.3 is 0 Å². The van der Waals surface area contributed by atoms with Crippen LogP contribution < -0.4 is 21.1 Å². The number of carbonyl (C=O) groups is 3. The lowest BCUT2D eigenvalue weighted by Gasteiger charge is -2.14. The number of ether oxygens (including phenoxy) is 1. The van der Waals surface area contributed by atoms with E-state index in [2.05, 4.69) is 30.8 Å². The maximum atomic E-state index is 14.0. The van der Waals surface area contributed by atoms with Crippen LogP contribution >= 0.6 is 0 Å². The Labute approximate surface area is 311 Å². The number of aryl methyl sites for hydroxylation is 4. The molecule has 6 aromatic rings. The van der Waals surface area contributed by atoms with Crippen LogP contribution in [0.5, 0.6) is 5.75 Å². The number of amides is 3. The van der Waals surface area contributed by atoms with Crippen molar-refractivity contribution in [1.82, 2.24) is 48.5 Å². The summed E-state index contributed by atoms with van der Waals surface area (Å²) in [6.07, 6.45) is 6.10. The summed E-state index contributed by atoms with van der Waals surface area (Å²) in [4.78, 5) is 55.8. The lowest BCUT2D eigenvalue weighted by molar-refractivity contribution is 0.0994. The number of nitrogens with zero attached hydrogens (tertiary/aromatic N) is 10. The number of pyridine rings is 1. The number of rotatable bonds is 16. The molecule has 0 aliphatic carbocycles. The largest absolute Gasteiger partial charge is 0.491 e. The number of anilines is 2. The molecular formula is C37H45N13O4. The molecule has 6 rings (SSSR count). The van der Waals surface area contributed by atoms with Gasteiger partial charge in [0.1, 0.15) is 28.4 Å². The van der Waals surface area contributed by atoms with E-state index in [1.807, 2.05) is 58.8 Å². The van der Waals surface area contributed by atoms with Crippen molar-refractivity contribution in [3.05, 3.63) is 83.3 Å². The number of benzene rings is 1. The lowest BCUT2D eigenvalue weighted by atomic mass is 10.1. The van der Waals surface area contributed by atoms with Crippen molar-refractivity contribution in [2.45, 2.75) is 60.3 Å². The minimum absolute atomic E-state index is 0.0913. The summed E-state index contributed by atoms with van der Waals surface area (Å²) in [6, 6.07) is 10.3. The van der Waals surface area contributed by atoms with Crippen LogP contribution in [-0.2, 0) is 26.2 Å². The van der Waals surface area contributed by atoms with Crippen LogP contribution in [0.4, 0.5) is 11.6 Å². The number of hydrogen-bond acceptors (Lipinski definition) is 10. The predicted octanol–water partition coefficient (Wildman–Crippen LogP) is 4.02. The molecular weight excluding hydrogens is 690 g/mol. The van der Waals surface area contributed by atoms with Crippen molar-refractivity contribution in [1.29, 1.82) is 0 Å². The van der Waals surface area contributed by atoms with Gasteiger partial charge in [-0.15, -0.1) is 0 Å². The number of allylic oxidation sites excluding steroid dienone is 2. The Balaban J connectivity index is 1.36. The molecule has 282 valence electrons. The summed E-state index contributed by atoms with van der Waals surface area (Å²) >= 11 is 0. The van der Waals surface area contributed by atoms with E-state index >= 15 is 0 Å². The molecule has 3 amide bonds. The van der Waals surface area contributed by atoms with Crippen molar-refractivity contribution in [3.8, 4) is 5.75 Å². The molecule has 1 aromatic carbocycles. The van der Waals surface area contributed by atoms with Crippen molar-refractivity contribution in [2.24, 2.45) is 5.73 Å². The second-order valence-electron chi connectivity index (χ2n) is 13.0. The smallest absolute Gasteiger partial charge is 0.292 e. The van der Waals surface area contributed by atoms with Gasteiger partial charge < -0.3 is 35.1 Å². The van der Waals surface area contributed by atoms with Gasteiger partial charge in [0.25, 0.3) is 11.8 Å². The number of nitrogens with one attached hydrogen (secondary N) is 2. The van der Waals surface area contributed by atoms with Crippen molar-refractivity contribution in [3.63, 3.8) is 0 Å². The van der Waals surface area contributed by atoms with Gasteiger partial charge in [0.15, 0.2) is 5.65 Å². The number of nitrogens with two attached hydrogens (primary N) is 1. The summed E-state index contributed by atoms with van der Waals surface area (Å²) in [5.41, 5.74) is 9.45. The highest BCUT2D eigenvalue weighted by Crippen LogP contribution is 2.30. The third-order valence-corrected chi connectivity index (χ3v) is 8.64. The summed E-state index contributed by atoms with van der Waals surface area (Å²) in [5.74, 6) is 0.211. The molecule has 5 heterocycles. The Hall–Kier alpha value is -6.36. The summed E-state index contributed by atoms with van der Waals surface area (Å²) < 4.78 is 13.1. The Morgan fingerprint density at radius 3 is 2.04 bits per heavy atom. The van der Waals surface area contributed by atoms with E-state index in [1.54, 1.807) is 61.1 Å². The highest BCUT2D eigenvalue weighted by molar-refractivity contribution is 6.05. The molecule has 0 spiro atoms.